The fourth-order valence-electron chi connectivity index (χ4n) is 2.00. The third kappa shape index (κ3) is 2.51. The van der Waals surface area contributed by atoms with Crippen LogP contribution in [-0.4, -0.2) is 28.4 Å². The van der Waals surface area contributed by atoms with Crippen molar-refractivity contribution in [1.29, 1.82) is 0 Å². The van der Waals surface area contributed by atoms with E-state index in [4.69, 9.17) is 22.1 Å². The molecule has 108 valence electrons. The summed E-state index contributed by atoms with van der Waals surface area (Å²) in [5.74, 6) is 2.04. The Hall–Kier alpha value is -1.95. The Morgan fingerprint density at radius 3 is 2.70 bits per heavy atom. The number of rotatable bonds is 5. The summed E-state index contributed by atoms with van der Waals surface area (Å²) >= 11 is 6.10. The molecule has 7 heteroatoms. The van der Waals surface area contributed by atoms with Gasteiger partial charge in [0.15, 0.2) is 5.82 Å². The van der Waals surface area contributed by atoms with Crippen LogP contribution in [0.4, 0.5) is 11.6 Å². The molecule has 1 aromatic heterocycles. The van der Waals surface area contributed by atoms with Gasteiger partial charge in [0.2, 0.25) is 5.95 Å². The first kappa shape index (κ1) is 14.5. The van der Waals surface area contributed by atoms with Crippen LogP contribution >= 0.6 is 11.6 Å². The number of halogens is 1. The number of aromatic nitrogens is 3. The zero-order chi connectivity index (χ0) is 14.7. The highest BCUT2D eigenvalue weighted by Gasteiger charge is 2.17. The van der Waals surface area contributed by atoms with E-state index in [9.17, 15) is 0 Å². The van der Waals surface area contributed by atoms with Gasteiger partial charge in [0.25, 0.3) is 0 Å². The predicted octanol–water partition coefficient (Wildman–Crippen LogP) is 2.64. The summed E-state index contributed by atoms with van der Waals surface area (Å²) in [4.78, 5) is 0. The maximum atomic E-state index is 6.10. The highest BCUT2D eigenvalue weighted by atomic mass is 35.5. The first-order chi connectivity index (χ1) is 9.62. The average molecular weight is 296 g/mol. The Bertz CT molecular complexity index is 611. The smallest absolute Gasteiger partial charge is 0.224 e. The molecule has 0 amide bonds. The lowest BCUT2D eigenvalue weighted by Crippen LogP contribution is -2.07. The lowest BCUT2D eigenvalue weighted by molar-refractivity contribution is 0.416. The van der Waals surface area contributed by atoms with Gasteiger partial charge in [-0.15, -0.1) is 10.2 Å². The second kappa shape index (κ2) is 6.00. The zero-order valence-electron chi connectivity index (χ0n) is 11.8. The predicted molar refractivity (Wildman–Crippen MR) is 81.3 cm³/mol. The van der Waals surface area contributed by atoms with Gasteiger partial charge in [0.05, 0.1) is 23.4 Å². The SMILES string of the molecule is CCNc1nnc(-c2cc(Cl)c(N)cc2OC)n1CC. The topological polar surface area (TPSA) is 78.0 Å². The third-order valence-corrected chi connectivity index (χ3v) is 3.29. The Balaban J connectivity index is 2.59. The average Bonchev–Trinajstić information content (AvgIpc) is 2.84. The van der Waals surface area contributed by atoms with Crippen molar-refractivity contribution in [2.75, 3.05) is 24.7 Å². The molecular weight excluding hydrogens is 278 g/mol. The first-order valence-corrected chi connectivity index (χ1v) is 6.80. The van der Waals surface area contributed by atoms with Crippen molar-refractivity contribution in [3.8, 4) is 17.1 Å². The minimum Gasteiger partial charge on any atom is -0.496 e. The van der Waals surface area contributed by atoms with Crippen molar-refractivity contribution in [3.05, 3.63) is 17.2 Å². The number of nitrogen functional groups attached to an aromatic ring is 1. The normalized spacial score (nSPS) is 10.6. The molecule has 0 spiro atoms. The van der Waals surface area contributed by atoms with Crippen molar-refractivity contribution in [3.63, 3.8) is 0 Å². The van der Waals surface area contributed by atoms with E-state index >= 15 is 0 Å². The minimum atomic E-state index is 0.469. The van der Waals surface area contributed by atoms with E-state index in [1.165, 1.54) is 0 Å². The quantitative estimate of drug-likeness (QED) is 0.829. The monoisotopic (exact) mass is 295 g/mol. The molecule has 2 rings (SSSR count). The van der Waals surface area contributed by atoms with E-state index in [0.717, 1.165) is 24.6 Å². The largest absolute Gasteiger partial charge is 0.496 e. The van der Waals surface area contributed by atoms with Gasteiger partial charge in [0.1, 0.15) is 5.75 Å². The van der Waals surface area contributed by atoms with Crippen molar-refractivity contribution < 1.29 is 4.74 Å². The van der Waals surface area contributed by atoms with Gasteiger partial charge in [0, 0.05) is 19.2 Å². The number of benzene rings is 1. The van der Waals surface area contributed by atoms with E-state index in [1.807, 2.05) is 18.4 Å². The van der Waals surface area contributed by atoms with Crippen LogP contribution in [0.3, 0.4) is 0 Å². The van der Waals surface area contributed by atoms with Crippen molar-refractivity contribution in [1.82, 2.24) is 14.8 Å². The number of nitrogens with one attached hydrogen (secondary N) is 1. The molecule has 2 aromatic rings. The van der Waals surface area contributed by atoms with Crippen LogP contribution in [0.2, 0.25) is 5.02 Å². The van der Waals surface area contributed by atoms with Crippen LogP contribution in [0.15, 0.2) is 12.1 Å². The molecule has 1 heterocycles. The molecular formula is C13H18ClN5O. The third-order valence-electron chi connectivity index (χ3n) is 2.96. The van der Waals surface area contributed by atoms with Gasteiger partial charge in [-0.1, -0.05) is 11.6 Å². The molecule has 0 atom stereocenters. The summed E-state index contributed by atoms with van der Waals surface area (Å²) in [5, 5.41) is 12.0. The summed E-state index contributed by atoms with van der Waals surface area (Å²) in [6.07, 6.45) is 0. The Morgan fingerprint density at radius 1 is 1.35 bits per heavy atom. The van der Waals surface area contributed by atoms with Crippen LogP contribution < -0.4 is 15.8 Å². The molecule has 0 fully saturated rings. The van der Waals surface area contributed by atoms with Crippen LogP contribution in [0, 0.1) is 0 Å². The Labute approximate surface area is 122 Å². The second-order valence-corrected chi connectivity index (χ2v) is 4.60. The molecule has 0 saturated carbocycles. The number of nitrogens with two attached hydrogens (primary N) is 1. The fraction of sp³-hybridized carbons (Fsp3) is 0.385. The lowest BCUT2D eigenvalue weighted by Gasteiger charge is -2.12. The number of anilines is 2. The summed E-state index contributed by atoms with van der Waals surface area (Å²) < 4.78 is 7.33. The van der Waals surface area contributed by atoms with E-state index in [-0.39, 0.29) is 0 Å². The fourth-order valence-corrected chi connectivity index (χ4v) is 2.17. The summed E-state index contributed by atoms with van der Waals surface area (Å²) in [6, 6.07) is 3.45. The number of methoxy groups -OCH3 is 1. The zero-order valence-corrected chi connectivity index (χ0v) is 12.5. The number of nitrogens with zero attached hydrogens (tertiary/aromatic N) is 3. The van der Waals surface area contributed by atoms with E-state index in [0.29, 0.717) is 22.3 Å². The Morgan fingerprint density at radius 2 is 2.10 bits per heavy atom. The summed E-state index contributed by atoms with van der Waals surface area (Å²) in [6.45, 7) is 5.54. The molecule has 0 saturated heterocycles. The van der Waals surface area contributed by atoms with Gasteiger partial charge >= 0.3 is 0 Å². The highest BCUT2D eigenvalue weighted by molar-refractivity contribution is 6.33. The second-order valence-electron chi connectivity index (χ2n) is 4.20. The van der Waals surface area contributed by atoms with Crippen LogP contribution in [0.1, 0.15) is 13.8 Å². The molecule has 0 radical (unpaired) electrons. The highest BCUT2D eigenvalue weighted by Crippen LogP contribution is 2.35. The molecule has 0 aliphatic carbocycles. The van der Waals surface area contributed by atoms with Gasteiger partial charge in [-0.25, -0.2) is 0 Å². The minimum absolute atomic E-state index is 0.469. The molecule has 1 aromatic carbocycles. The standard InChI is InChI=1S/C13H18ClN5O/c1-4-16-13-18-17-12(19(13)5-2)8-6-9(14)10(15)7-11(8)20-3/h6-7H,4-5,15H2,1-3H3,(H,16,18). The number of hydrogen-bond donors (Lipinski definition) is 2. The van der Waals surface area contributed by atoms with Gasteiger partial charge in [-0.2, -0.15) is 0 Å². The van der Waals surface area contributed by atoms with Crippen LogP contribution in [0.25, 0.3) is 11.4 Å². The van der Waals surface area contributed by atoms with E-state index in [1.54, 1.807) is 19.2 Å². The van der Waals surface area contributed by atoms with Gasteiger partial charge in [-0.3, -0.25) is 4.57 Å². The molecule has 3 N–H and O–H groups in total. The number of ether oxygens (including phenoxy) is 1. The first-order valence-electron chi connectivity index (χ1n) is 6.42. The maximum Gasteiger partial charge on any atom is 0.224 e. The van der Waals surface area contributed by atoms with Gasteiger partial charge < -0.3 is 15.8 Å². The van der Waals surface area contributed by atoms with Crippen LogP contribution in [-0.2, 0) is 6.54 Å². The van der Waals surface area contributed by atoms with Crippen molar-refractivity contribution in [2.45, 2.75) is 20.4 Å². The van der Waals surface area contributed by atoms with Crippen molar-refractivity contribution in [2.24, 2.45) is 0 Å². The molecule has 6 nitrogen and oxygen atoms in total. The maximum absolute atomic E-state index is 6.10. The van der Waals surface area contributed by atoms with Gasteiger partial charge in [-0.05, 0) is 19.9 Å². The van der Waals surface area contributed by atoms with Crippen LogP contribution in [0.5, 0.6) is 5.75 Å². The van der Waals surface area contributed by atoms with Crippen molar-refractivity contribution >= 4 is 23.2 Å². The molecule has 0 bridgehead atoms. The molecule has 0 unspecified atom stereocenters. The lowest BCUT2D eigenvalue weighted by atomic mass is 10.1. The molecule has 0 aliphatic heterocycles. The van der Waals surface area contributed by atoms with E-state index in [2.05, 4.69) is 15.5 Å². The molecule has 0 aliphatic rings. The van der Waals surface area contributed by atoms with E-state index < -0.39 is 0 Å². The number of hydrogen-bond acceptors (Lipinski definition) is 5. The Kier molecular flexibility index (Phi) is 4.34. The molecule has 20 heavy (non-hydrogen) atoms. The summed E-state index contributed by atoms with van der Waals surface area (Å²) in [7, 11) is 1.59. The summed E-state index contributed by atoms with van der Waals surface area (Å²) in [5.41, 5.74) is 7.04.